The van der Waals surface area contributed by atoms with Gasteiger partial charge < -0.3 is 15.2 Å². The lowest BCUT2D eigenvalue weighted by molar-refractivity contribution is 0.397. The Hall–Kier alpha value is -0.740. The molecule has 78 valence electrons. The molecule has 0 radical (unpaired) electrons. The van der Waals surface area contributed by atoms with Crippen LogP contribution in [0.4, 0.5) is 0 Å². The van der Waals surface area contributed by atoms with Crippen molar-refractivity contribution < 1.29 is 15.0 Å². The second-order valence-electron chi connectivity index (χ2n) is 2.46. The molecule has 0 aliphatic carbocycles. The van der Waals surface area contributed by atoms with E-state index in [2.05, 4.69) is 15.9 Å². The third kappa shape index (κ3) is 2.39. The molecule has 0 aliphatic heterocycles. The zero-order valence-corrected chi connectivity index (χ0v) is 9.51. The molecule has 1 aromatic rings. The lowest BCUT2D eigenvalue weighted by Gasteiger charge is -2.11. The van der Waals surface area contributed by atoms with Crippen LogP contribution in [0, 0.1) is 0 Å². The molecule has 0 saturated carbocycles. The molecule has 0 aliphatic rings. The number of methoxy groups -OCH3 is 2. The first-order chi connectivity index (χ1) is 8.15. The van der Waals surface area contributed by atoms with Gasteiger partial charge in [-0.2, -0.15) is 0 Å². The second-order valence-corrected chi connectivity index (χ2v) is 3.31. The fourth-order valence-corrected chi connectivity index (χ4v) is 1.52. The number of rotatable bonds is 4. The van der Waals surface area contributed by atoms with E-state index < -0.39 is 12.9 Å². The molecule has 0 saturated heterocycles. The maximum absolute atomic E-state index is 7.82. The van der Waals surface area contributed by atoms with E-state index in [9.17, 15) is 0 Å². The summed E-state index contributed by atoms with van der Waals surface area (Å²) >= 11 is 3.25. The van der Waals surface area contributed by atoms with Crippen molar-refractivity contribution in [1.29, 1.82) is 0 Å². The van der Waals surface area contributed by atoms with Gasteiger partial charge in [0.2, 0.25) is 0 Å². The Labute approximate surface area is 97.9 Å². The summed E-state index contributed by atoms with van der Waals surface area (Å²) in [5, 5.41) is 0. The van der Waals surface area contributed by atoms with Gasteiger partial charge in [0.05, 0.1) is 18.7 Å². The van der Waals surface area contributed by atoms with Gasteiger partial charge in [-0.25, -0.2) is 0 Å². The quantitative estimate of drug-likeness (QED) is 0.904. The SMILES string of the molecule is [2H]C([2H])(N)C([2H])([2H])c1cc(OC)c(Br)cc1OC. The molecule has 2 N–H and O–H groups in total. The fraction of sp³-hybridized carbons (Fsp3) is 0.400. The molecule has 0 unspecified atom stereocenters. The predicted octanol–water partition coefficient (Wildman–Crippen LogP) is 1.97. The van der Waals surface area contributed by atoms with Crippen molar-refractivity contribution in [1.82, 2.24) is 0 Å². The van der Waals surface area contributed by atoms with E-state index in [1.54, 1.807) is 0 Å². The van der Waals surface area contributed by atoms with E-state index in [1.165, 1.54) is 26.4 Å². The summed E-state index contributed by atoms with van der Waals surface area (Å²) in [6, 6.07) is 2.88. The highest BCUT2D eigenvalue weighted by Gasteiger charge is 2.08. The molecule has 4 heteroatoms. The molecule has 0 atom stereocenters. The molecule has 3 nitrogen and oxygen atoms in total. The predicted molar refractivity (Wildman–Crippen MR) is 60.0 cm³/mol. The Kier molecular flexibility index (Phi) is 2.49. The Bertz CT molecular complexity index is 448. The van der Waals surface area contributed by atoms with Gasteiger partial charge >= 0.3 is 0 Å². The molecule has 14 heavy (non-hydrogen) atoms. The molecule has 0 spiro atoms. The van der Waals surface area contributed by atoms with Crippen LogP contribution >= 0.6 is 15.9 Å². The highest BCUT2D eigenvalue weighted by Crippen LogP contribution is 2.32. The zero-order chi connectivity index (χ0) is 14.1. The van der Waals surface area contributed by atoms with Gasteiger partial charge in [-0.05, 0) is 46.5 Å². The van der Waals surface area contributed by atoms with Crippen molar-refractivity contribution in [3.05, 3.63) is 22.2 Å². The van der Waals surface area contributed by atoms with Crippen LogP contribution in [-0.4, -0.2) is 20.7 Å². The van der Waals surface area contributed by atoms with Crippen LogP contribution in [0.25, 0.3) is 0 Å². The van der Waals surface area contributed by atoms with Crippen LogP contribution in [0.1, 0.15) is 11.0 Å². The van der Waals surface area contributed by atoms with Crippen molar-refractivity contribution >= 4 is 15.9 Å². The molecule has 1 rings (SSSR count). The average Bonchev–Trinajstić information content (AvgIpc) is 2.26. The molecule has 0 bridgehead atoms. The van der Waals surface area contributed by atoms with Gasteiger partial charge in [-0.1, -0.05) is 0 Å². The Morgan fingerprint density at radius 2 is 2.00 bits per heavy atom. The largest absolute Gasteiger partial charge is 0.496 e. The van der Waals surface area contributed by atoms with Crippen molar-refractivity contribution in [2.24, 2.45) is 5.73 Å². The number of benzene rings is 1. The molecule has 1 aromatic carbocycles. The Morgan fingerprint density at radius 3 is 2.50 bits per heavy atom. The molecule has 0 heterocycles. The van der Waals surface area contributed by atoms with E-state index in [0.29, 0.717) is 10.2 Å². The summed E-state index contributed by atoms with van der Waals surface area (Å²) in [5.74, 6) is 0.570. The minimum Gasteiger partial charge on any atom is -0.496 e. The number of halogens is 1. The molecule has 0 aromatic heterocycles. The third-order valence-electron chi connectivity index (χ3n) is 1.68. The standard InChI is InChI=1S/C10H14BrNO2/c1-13-9-6-8(11)10(14-2)5-7(9)3-4-12/h5-6H,3-4,12H2,1-2H3/i3D2,4D2. The summed E-state index contributed by atoms with van der Waals surface area (Å²) < 4.78 is 41.1. The van der Waals surface area contributed by atoms with Crippen LogP contribution in [-0.2, 0) is 6.37 Å². The molecular weight excluding hydrogens is 246 g/mol. The lowest BCUT2D eigenvalue weighted by Crippen LogP contribution is -2.04. The van der Waals surface area contributed by atoms with Gasteiger partial charge in [-0.3, -0.25) is 0 Å². The first-order valence-corrected chi connectivity index (χ1v) is 4.65. The van der Waals surface area contributed by atoms with E-state index >= 15 is 0 Å². The minimum atomic E-state index is -2.54. The number of hydrogen-bond acceptors (Lipinski definition) is 3. The number of aryl methyl sites for hydroxylation is 1. The third-order valence-corrected chi connectivity index (χ3v) is 2.30. The van der Waals surface area contributed by atoms with Crippen LogP contribution in [0.15, 0.2) is 16.6 Å². The maximum atomic E-state index is 7.82. The first-order valence-electron chi connectivity index (χ1n) is 5.86. The Balaban J connectivity index is 3.48. The number of hydrogen-bond donors (Lipinski definition) is 1. The zero-order valence-electron chi connectivity index (χ0n) is 11.9. The Morgan fingerprint density at radius 1 is 1.36 bits per heavy atom. The van der Waals surface area contributed by atoms with Crippen LogP contribution < -0.4 is 15.2 Å². The van der Waals surface area contributed by atoms with Crippen LogP contribution in [0.2, 0.25) is 0 Å². The highest BCUT2D eigenvalue weighted by molar-refractivity contribution is 9.10. The summed E-state index contributed by atoms with van der Waals surface area (Å²) in [6.45, 7) is -2.54. The van der Waals surface area contributed by atoms with Crippen LogP contribution in [0.5, 0.6) is 11.5 Å². The lowest BCUT2D eigenvalue weighted by atomic mass is 10.1. The van der Waals surface area contributed by atoms with Crippen molar-refractivity contribution in [3.8, 4) is 11.5 Å². The normalized spacial score (nSPS) is 16.3. The smallest absolute Gasteiger partial charge is 0.133 e. The van der Waals surface area contributed by atoms with Gasteiger partial charge in [0.1, 0.15) is 11.5 Å². The summed E-state index contributed by atoms with van der Waals surface area (Å²) in [5.41, 5.74) is 5.25. The monoisotopic (exact) mass is 263 g/mol. The average molecular weight is 264 g/mol. The molecule has 0 fully saturated rings. The summed E-state index contributed by atoms with van der Waals surface area (Å²) in [6.07, 6.45) is -2.41. The van der Waals surface area contributed by atoms with Gasteiger partial charge in [0.15, 0.2) is 0 Å². The van der Waals surface area contributed by atoms with Gasteiger partial charge in [0, 0.05) is 5.48 Å². The topological polar surface area (TPSA) is 44.5 Å². The van der Waals surface area contributed by atoms with Crippen molar-refractivity contribution in [2.75, 3.05) is 20.7 Å². The van der Waals surface area contributed by atoms with Crippen molar-refractivity contribution in [2.45, 2.75) is 6.37 Å². The van der Waals surface area contributed by atoms with E-state index in [4.69, 9.17) is 20.7 Å². The maximum Gasteiger partial charge on any atom is 0.133 e. The fourth-order valence-electron chi connectivity index (χ4n) is 1.04. The van der Waals surface area contributed by atoms with E-state index in [1.807, 2.05) is 0 Å². The van der Waals surface area contributed by atoms with E-state index in [0.717, 1.165) is 0 Å². The second kappa shape index (κ2) is 5.22. The highest BCUT2D eigenvalue weighted by atomic mass is 79.9. The van der Waals surface area contributed by atoms with Gasteiger partial charge in [-0.15, -0.1) is 0 Å². The molecular formula is C10H14BrNO2. The summed E-state index contributed by atoms with van der Waals surface area (Å²) in [7, 11) is 2.81. The van der Waals surface area contributed by atoms with E-state index in [-0.39, 0.29) is 11.3 Å². The number of nitrogens with two attached hydrogens (primary N) is 1. The number of ether oxygens (including phenoxy) is 2. The minimum absolute atomic E-state index is 0.00227. The van der Waals surface area contributed by atoms with Crippen molar-refractivity contribution in [3.63, 3.8) is 0 Å². The van der Waals surface area contributed by atoms with Crippen LogP contribution in [0.3, 0.4) is 0 Å². The summed E-state index contributed by atoms with van der Waals surface area (Å²) in [4.78, 5) is 0. The first kappa shape index (κ1) is 6.69. The van der Waals surface area contributed by atoms with Gasteiger partial charge in [0.25, 0.3) is 0 Å². The molecule has 0 amide bonds.